The van der Waals surface area contributed by atoms with Crippen LogP contribution in [0.3, 0.4) is 0 Å². The zero-order valence-electron chi connectivity index (χ0n) is 7.96. The second-order valence-electron chi connectivity index (χ2n) is 5.09. The molecule has 0 N–H and O–H groups in total. The summed E-state index contributed by atoms with van der Waals surface area (Å²) in [6.45, 7) is 13.6. The first kappa shape index (κ1) is 14.2. The van der Waals surface area contributed by atoms with Gasteiger partial charge in [-0.3, -0.25) is 0 Å². The molecule has 70 valence electrons. The Labute approximate surface area is 84.3 Å². The zero-order valence-corrected chi connectivity index (χ0v) is 9.54. The minimum absolute atomic E-state index is 0. The molecule has 0 aliphatic heterocycles. The molecule has 0 aliphatic carbocycles. The van der Waals surface area contributed by atoms with E-state index in [1.54, 1.807) is 0 Å². The minimum Gasteiger partial charge on any atom is -0.0879 e. The normalized spacial score (nSPS) is 13.1. The average molecular weight is 239 g/mol. The molecule has 0 amide bonds. The smallest absolute Gasteiger partial charge is 0.0242 e. The number of alkyl halides is 1. The Balaban J connectivity index is 0. The molecular formula is C9H23BrSi. The maximum absolute atomic E-state index is 3.72. The summed E-state index contributed by atoms with van der Waals surface area (Å²) in [5, 5.41) is 0. The quantitative estimate of drug-likeness (QED) is 0.450. The molecule has 0 heterocycles. The van der Waals surface area contributed by atoms with E-state index < -0.39 is 0 Å². The van der Waals surface area contributed by atoms with Crippen LogP contribution in [0.1, 0.15) is 41.5 Å². The highest BCUT2D eigenvalue weighted by molar-refractivity contribution is 9.09. The first-order valence-corrected chi connectivity index (χ1v) is 4.71. The molecule has 0 aromatic carbocycles. The standard InChI is InChI=1S/C9H19Br.H4Si/c1-8(2,3)7(10)9(4,5)6;/h7H,1-6H3;1H4. The predicted octanol–water partition coefficient (Wildman–Crippen LogP) is 2.39. The molecular weight excluding hydrogens is 216 g/mol. The number of halogens is 1. The fraction of sp³-hybridized carbons (Fsp3) is 1.00. The topological polar surface area (TPSA) is 0 Å². The highest BCUT2D eigenvalue weighted by Crippen LogP contribution is 2.38. The van der Waals surface area contributed by atoms with Gasteiger partial charge in [-0.25, -0.2) is 0 Å². The second-order valence-corrected chi connectivity index (χ2v) is 6.01. The van der Waals surface area contributed by atoms with Crippen molar-refractivity contribution >= 4 is 26.9 Å². The Morgan fingerprint density at radius 1 is 0.818 bits per heavy atom. The highest BCUT2D eigenvalue weighted by Gasteiger charge is 2.32. The van der Waals surface area contributed by atoms with Crippen LogP contribution in [0.5, 0.6) is 0 Å². The molecule has 0 aromatic rings. The number of hydrogen-bond acceptors (Lipinski definition) is 0. The van der Waals surface area contributed by atoms with E-state index in [9.17, 15) is 0 Å². The lowest BCUT2D eigenvalue weighted by molar-refractivity contribution is 0.255. The molecule has 0 saturated heterocycles. The van der Waals surface area contributed by atoms with E-state index in [4.69, 9.17) is 0 Å². The lowest BCUT2D eigenvalue weighted by Crippen LogP contribution is -2.32. The maximum Gasteiger partial charge on any atom is 0.0242 e. The van der Waals surface area contributed by atoms with Gasteiger partial charge in [-0.2, -0.15) is 0 Å². The lowest BCUT2D eigenvalue weighted by Gasteiger charge is -2.36. The maximum atomic E-state index is 3.72. The Kier molecular flexibility index (Phi) is 5.28. The van der Waals surface area contributed by atoms with E-state index in [0.29, 0.717) is 15.7 Å². The van der Waals surface area contributed by atoms with Crippen LogP contribution in [0, 0.1) is 10.8 Å². The Morgan fingerprint density at radius 2 is 1.00 bits per heavy atom. The van der Waals surface area contributed by atoms with Crippen molar-refractivity contribution < 1.29 is 0 Å². The van der Waals surface area contributed by atoms with E-state index in [2.05, 4.69) is 57.5 Å². The largest absolute Gasteiger partial charge is 0.0879 e. The molecule has 11 heavy (non-hydrogen) atoms. The van der Waals surface area contributed by atoms with Crippen molar-refractivity contribution in [2.75, 3.05) is 0 Å². The van der Waals surface area contributed by atoms with Gasteiger partial charge >= 0.3 is 0 Å². The summed E-state index contributed by atoms with van der Waals surface area (Å²) in [6, 6.07) is 0. The Hall–Kier alpha value is 0.697. The van der Waals surface area contributed by atoms with Gasteiger partial charge in [-0.1, -0.05) is 57.5 Å². The van der Waals surface area contributed by atoms with Crippen molar-refractivity contribution in [3.8, 4) is 0 Å². The fourth-order valence-corrected chi connectivity index (χ4v) is 1.30. The monoisotopic (exact) mass is 238 g/mol. The molecule has 0 atom stereocenters. The van der Waals surface area contributed by atoms with Crippen LogP contribution in [0.15, 0.2) is 0 Å². The molecule has 0 aliphatic rings. The highest BCUT2D eigenvalue weighted by atomic mass is 79.9. The summed E-state index contributed by atoms with van der Waals surface area (Å²) in [5.74, 6) is 0. The van der Waals surface area contributed by atoms with Gasteiger partial charge in [0, 0.05) is 4.83 Å². The van der Waals surface area contributed by atoms with Crippen molar-refractivity contribution in [1.82, 2.24) is 0 Å². The van der Waals surface area contributed by atoms with Crippen molar-refractivity contribution in [3.05, 3.63) is 0 Å². The van der Waals surface area contributed by atoms with Gasteiger partial charge in [0.1, 0.15) is 0 Å². The van der Waals surface area contributed by atoms with Crippen LogP contribution < -0.4 is 0 Å². The Morgan fingerprint density at radius 3 is 1.00 bits per heavy atom. The molecule has 0 spiro atoms. The first-order chi connectivity index (χ1) is 4.15. The average Bonchev–Trinajstić information content (AvgIpc) is 1.59. The number of rotatable bonds is 0. The number of hydrogen-bond donors (Lipinski definition) is 0. The van der Waals surface area contributed by atoms with Gasteiger partial charge in [-0.05, 0) is 21.8 Å². The lowest BCUT2D eigenvalue weighted by atomic mass is 9.77. The third-order valence-corrected chi connectivity index (χ3v) is 4.27. The third kappa shape index (κ3) is 5.02. The van der Waals surface area contributed by atoms with Gasteiger partial charge in [0.25, 0.3) is 0 Å². The predicted molar refractivity (Wildman–Crippen MR) is 63.0 cm³/mol. The van der Waals surface area contributed by atoms with Crippen molar-refractivity contribution in [3.63, 3.8) is 0 Å². The van der Waals surface area contributed by atoms with E-state index in [-0.39, 0.29) is 11.0 Å². The Bertz CT molecular complexity index is 93.7. The van der Waals surface area contributed by atoms with Crippen molar-refractivity contribution in [2.45, 2.75) is 46.4 Å². The van der Waals surface area contributed by atoms with Gasteiger partial charge < -0.3 is 0 Å². The summed E-state index contributed by atoms with van der Waals surface area (Å²) in [5.41, 5.74) is 0.719. The van der Waals surface area contributed by atoms with Crippen molar-refractivity contribution in [1.29, 1.82) is 0 Å². The van der Waals surface area contributed by atoms with E-state index in [0.717, 1.165) is 0 Å². The van der Waals surface area contributed by atoms with E-state index in [1.807, 2.05) is 0 Å². The molecule has 0 bridgehead atoms. The molecule has 0 aromatic heterocycles. The van der Waals surface area contributed by atoms with Gasteiger partial charge in [0.2, 0.25) is 0 Å². The zero-order chi connectivity index (χ0) is 8.58. The molecule has 0 saturated carbocycles. The van der Waals surface area contributed by atoms with Crippen LogP contribution in [-0.4, -0.2) is 15.8 Å². The van der Waals surface area contributed by atoms with Crippen LogP contribution >= 0.6 is 15.9 Å². The summed E-state index contributed by atoms with van der Waals surface area (Å²) < 4.78 is 0. The third-order valence-electron chi connectivity index (χ3n) is 1.52. The van der Waals surface area contributed by atoms with Gasteiger partial charge in [0.15, 0.2) is 0 Å². The molecule has 0 unspecified atom stereocenters. The summed E-state index contributed by atoms with van der Waals surface area (Å²) in [4.78, 5) is 0.576. The van der Waals surface area contributed by atoms with Gasteiger partial charge in [0.05, 0.1) is 0 Å². The van der Waals surface area contributed by atoms with Crippen LogP contribution in [0.25, 0.3) is 0 Å². The molecule has 0 fully saturated rings. The summed E-state index contributed by atoms with van der Waals surface area (Å²) >= 11 is 3.72. The van der Waals surface area contributed by atoms with Gasteiger partial charge in [-0.15, -0.1) is 0 Å². The van der Waals surface area contributed by atoms with Crippen LogP contribution in [-0.2, 0) is 0 Å². The van der Waals surface area contributed by atoms with E-state index in [1.165, 1.54) is 0 Å². The molecule has 0 radical (unpaired) electrons. The molecule has 2 heteroatoms. The summed E-state index contributed by atoms with van der Waals surface area (Å²) in [7, 11) is 0. The van der Waals surface area contributed by atoms with Crippen LogP contribution in [0.4, 0.5) is 0 Å². The first-order valence-electron chi connectivity index (χ1n) is 3.80. The fourth-order valence-electron chi connectivity index (χ4n) is 1.30. The minimum atomic E-state index is 0. The SMILES string of the molecule is CC(C)(C)C(Br)C(C)(C)C.[SiH4]. The second kappa shape index (κ2) is 4.08. The molecule has 0 nitrogen and oxygen atoms in total. The van der Waals surface area contributed by atoms with E-state index >= 15 is 0 Å². The van der Waals surface area contributed by atoms with Crippen LogP contribution in [0.2, 0.25) is 0 Å². The van der Waals surface area contributed by atoms with Crippen molar-refractivity contribution in [2.24, 2.45) is 10.8 Å². The molecule has 0 rings (SSSR count). The summed E-state index contributed by atoms with van der Waals surface area (Å²) in [6.07, 6.45) is 0.